The van der Waals surface area contributed by atoms with Crippen molar-refractivity contribution < 1.29 is 4.42 Å². The molecule has 1 atom stereocenters. The van der Waals surface area contributed by atoms with Gasteiger partial charge in [-0.3, -0.25) is 0 Å². The second-order valence-electron chi connectivity index (χ2n) is 5.33. The maximum Gasteiger partial charge on any atom is 0.193 e. The van der Waals surface area contributed by atoms with Crippen molar-refractivity contribution in [3.05, 3.63) is 39.2 Å². The van der Waals surface area contributed by atoms with E-state index in [0.717, 1.165) is 10.7 Å². The minimum Gasteiger partial charge on any atom is -0.448 e. The average Bonchev–Trinajstić information content (AvgIpc) is 2.85. The standard InChI is InChI=1S/C13H17ClN2OS/c1-13(2,3)10-7-18-12(16-10)6-8(15)9-4-5-11(14)17-9/h4-5,7-8H,6,15H2,1-3H3. The van der Waals surface area contributed by atoms with Crippen LogP contribution in [0.1, 0.15) is 43.3 Å². The summed E-state index contributed by atoms with van der Waals surface area (Å²) >= 11 is 7.38. The number of furan rings is 1. The largest absolute Gasteiger partial charge is 0.448 e. The number of aromatic nitrogens is 1. The summed E-state index contributed by atoms with van der Waals surface area (Å²) in [7, 11) is 0. The number of halogens is 1. The summed E-state index contributed by atoms with van der Waals surface area (Å²) in [6.07, 6.45) is 0.671. The maximum absolute atomic E-state index is 6.07. The molecule has 1 unspecified atom stereocenters. The lowest BCUT2D eigenvalue weighted by Crippen LogP contribution is -2.14. The molecule has 0 amide bonds. The predicted molar refractivity (Wildman–Crippen MR) is 75.2 cm³/mol. The lowest BCUT2D eigenvalue weighted by molar-refractivity contribution is 0.465. The molecule has 2 aromatic heterocycles. The molecular weight excluding hydrogens is 268 g/mol. The molecule has 0 saturated heterocycles. The molecule has 3 nitrogen and oxygen atoms in total. The first-order chi connectivity index (χ1) is 8.36. The second kappa shape index (κ2) is 5.03. The Kier molecular flexibility index (Phi) is 3.80. The van der Waals surface area contributed by atoms with E-state index in [1.807, 2.05) is 6.07 Å². The van der Waals surface area contributed by atoms with Gasteiger partial charge in [-0.2, -0.15) is 0 Å². The Labute approximate surface area is 116 Å². The van der Waals surface area contributed by atoms with Crippen molar-refractivity contribution in [3.8, 4) is 0 Å². The highest BCUT2D eigenvalue weighted by molar-refractivity contribution is 7.09. The highest BCUT2D eigenvalue weighted by Gasteiger charge is 2.19. The van der Waals surface area contributed by atoms with E-state index in [2.05, 4.69) is 31.1 Å². The van der Waals surface area contributed by atoms with Gasteiger partial charge in [-0.25, -0.2) is 4.98 Å². The third-order valence-electron chi connectivity index (χ3n) is 2.67. The van der Waals surface area contributed by atoms with Crippen molar-refractivity contribution in [2.45, 2.75) is 38.6 Å². The molecule has 0 aliphatic rings. The van der Waals surface area contributed by atoms with Crippen molar-refractivity contribution in [1.29, 1.82) is 0 Å². The summed E-state index contributed by atoms with van der Waals surface area (Å²) in [6.45, 7) is 6.45. The van der Waals surface area contributed by atoms with Crippen molar-refractivity contribution in [2.75, 3.05) is 0 Å². The van der Waals surface area contributed by atoms with Gasteiger partial charge < -0.3 is 10.2 Å². The molecule has 5 heteroatoms. The first-order valence-corrected chi connectivity index (χ1v) is 7.08. The zero-order valence-corrected chi connectivity index (χ0v) is 12.3. The molecule has 0 aromatic carbocycles. The van der Waals surface area contributed by atoms with Gasteiger partial charge in [0.05, 0.1) is 16.7 Å². The van der Waals surface area contributed by atoms with E-state index < -0.39 is 0 Å². The van der Waals surface area contributed by atoms with Gasteiger partial charge in [0.15, 0.2) is 5.22 Å². The molecule has 2 heterocycles. The van der Waals surface area contributed by atoms with E-state index in [-0.39, 0.29) is 11.5 Å². The van der Waals surface area contributed by atoms with Gasteiger partial charge in [0.2, 0.25) is 0 Å². The van der Waals surface area contributed by atoms with Gasteiger partial charge in [0, 0.05) is 17.2 Å². The topological polar surface area (TPSA) is 52.0 Å². The number of nitrogens with zero attached hydrogens (tertiary/aromatic N) is 1. The Balaban J connectivity index is 2.08. The van der Waals surface area contributed by atoms with Crippen LogP contribution in [0.25, 0.3) is 0 Å². The Morgan fingerprint density at radius 3 is 2.67 bits per heavy atom. The molecule has 0 aliphatic carbocycles. The monoisotopic (exact) mass is 284 g/mol. The van der Waals surface area contributed by atoms with Crippen molar-refractivity contribution in [1.82, 2.24) is 4.98 Å². The fourth-order valence-corrected chi connectivity index (χ4v) is 2.80. The van der Waals surface area contributed by atoms with Crippen molar-refractivity contribution >= 4 is 22.9 Å². The lowest BCUT2D eigenvalue weighted by atomic mass is 9.93. The highest BCUT2D eigenvalue weighted by Crippen LogP contribution is 2.27. The maximum atomic E-state index is 6.07. The summed E-state index contributed by atoms with van der Waals surface area (Å²) in [6, 6.07) is 3.32. The van der Waals surface area contributed by atoms with E-state index in [4.69, 9.17) is 21.8 Å². The van der Waals surface area contributed by atoms with Gasteiger partial charge in [0.25, 0.3) is 0 Å². The van der Waals surface area contributed by atoms with Gasteiger partial charge >= 0.3 is 0 Å². The van der Waals surface area contributed by atoms with Crippen LogP contribution in [0.15, 0.2) is 21.9 Å². The Bertz CT molecular complexity index is 527. The third-order valence-corrected chi connectivity index (χ3v) is 3.75. The summed E-state index contributed by atoms with van der Waals surface area (Å²) in [4.78, 5) is 4.62. The van der Waals surface area contributed by atoms with Crippen LogP contribution in [0.4, 0.5) is 0 Å². The van der Waals surface area contributed by atoms with Gasteiger partial charge in [-0.1, -0.05) is 20.8 Å². The second-order valence-corrected chi connectivity index (χ2v) is 6.64. The van der Waals surface area contributed by atoms with Crippen LogP contribution in [0.2, 0.25) is 5.22 Å². The molecule has 98 valence electrons. The van der Waals surface area contributed by atoms with Crippen LogP contribution < -0.4 is 5.73 Å². The average molecular weight is 285 g/mol. The molecule has 18 heavy (non-hydrogen) atoms. The van der Waals surface area contributed by atoms with Gasteiger partial charge in [0.1, 0.15) is 5.76 Å². The smallest absolute Gasteiger partial charge is 0.193 e. The molecule has 2 rings (SSSR count). The molecule has 0 spiro atoms. The van der Waals surface area contributed by atoms with E-state index in [1.54, 1.807) is 17.4 Å². The molecule has 2 N–H and O–H groups in total. The first kappa shape index (κ1) is 13.6. The SMILES string of the molecule is CC(C)(C)c1csc(CC(N)c2ccc(Cl)o2)n1. The molecule has 0 radical (unpaired) electrons. The van der Waals surface area contributed by atoms with Crippen molar-refractivity contribution in [2.24, 2.45) is 5.73 Å². The number of rotatable bonds is 3. The minimum absolute atomic E-state index is 0.0762. The van der Waals surface area contributed by atoms with E-state index in [0.29, 0.717) is 17.4 Å². The molecule has 0 bridgehead atoms. The first-order valence-electron chi connectivity index (χ1n) is 5.82. The molecule has 0 saturated carbocycles. The zero-order chi connectivity index (χ0) is 13.3. The normalized spacial score (nSPS) is 13.8. The van der Waals surface area contributed by atoms with Crippen LogP contribution in [0.5, 0.6) is 0 Å². The lowest BCUT2D eigenvalue weighted by Gasteiger charge is -2.14. The van der Waals surface area contributed by atoms with Gasteiger partial charge in [-0.05, 0) is 23.7 Å². The minimum atomic E-state index is -0.198. The predicted octanol–water partition coefficient (Wildman–Crippen LogP) is 3.93. The van der Waals surface area contributed by atoms with Crippen LogP contribution in [-0.4, -0.2) is 4.98 Å². The summed E-state index contributed by atoms with van der Waals surface area (Å²) in [5, 5.41) is 3.49. The molecule has 0 aliphatic heterocycles. The third kappa shape index (κ3) is 3.13. The fourth-order valence-electron chi connectivity index (χ4n) is 1.57. The Morgan fingerprint density at radius 1 is 1.44 bits per heavy atom. The van der Waals surface area contributed by atoms with E-state index in [1.165, 1.54) is 0 Å². The summed E-state index contributed by atoms with van der Waals surface area (Å²) in [5.41, 5.74) is 7.25. The Morgan fingerprint density at radius 2 is 2.17 bits per heavy atom. The molecular formula is C13H17ClN2OS. The number of thiazole rings is 1. The van der Waals surface area contributed by atoms with E-state index in [9.17, 15) is 0 Å². The number of hydrogen-bond donors (Lipinski definition) is 1. The number of nitrogens with two attached hydrogens (primary N) is 1. The van der Waals surface area contributed by atoms with Gasteiger partial charge in [-0.15, -0.1) is 11.3 Å². The van der Waals surface area contributed by atoms with Crippen LogP contribution in [0.3, 0.4) is 0 Å². The zero-order valence-electron chi connectivity index (χ0n) is 10.7. The van der Waals surface area contributed by atoms with Crippen LogP contribution in [0, 0.1) is 0 Å². The molecule has 2 aromatic rings. The Hall–Kier alpha value is -0.840. The summed E-state index contributed by atoms with van der Waals surface area (Å²) < 4.78 is 5.31. The van der Waals surface area contributed by atoms with E-state index >= 15 is 0 Å². The van der Waals surface area contributed by atoms with Crippen molar-refractivity contribution in [3.63, 3.8) is 0 Å². The summed E-state index contributed by atoms with van der Waals surface area (Å²) in [5.74, 6) is 0.701. The molecule has 0 fully saturated rings. The fraction of sp³-hybridized carbons (Fsp3) is 0.462. The van der Waals surface area contributed by atoms with Crippen LogP contribution in [-0.2, 0) is 11.8 Å². The quantitative estimate of drug-likeness (QED) is 0.929. The van der Waals surface area contributed by atoms with Crippen LogP contribution >= 0.6 is 22.9 Å². The number of hydrogen-bond acceptors (Lipinski definition) is 4. The highest BCUT2D eigenvalue weighted by atomic mass is 35.5.